The van der Waals surface area contributed by atoms with Crippen LogP contribution in [0.3, 0.4) is 0 Å². The molecular weight excluding hydrogens is 523 g/mol. The topological polar surface area (TPSA) is 111 Å². The van der Waals surface area contributed by atoms with E-state index in [9.17, 15) is 9.59 Å². The van der Waals surface area contributed by atoms with Crippen LogP contribution < -0.4 is 10.6 Å². The molecule has 2 N–H and O–H groups in total. The number of hydrogen-bond acceptors (Lipinski definition) is 7. The fraction of sp³-hybridized carbons (Fsp3) is 0.462. The molecule has 2 aliphatic rings. The summed E-state index contributed by atoms with van der Waals surface area (Å²) in [6.45, 7) is 1.63. The summed E-state index contributed by atoms with van der Waals surface area (Å²) in [4.78, 5) is 22.5. The largest absolute Gasteiger partial charge is 0.449 e. The van der Waals surface area contributed by atoms with E-state index in [2.05, 4.69) is 10.6 Å². The Kier molecular flexibility index (Phi) is 9.50. The van der Waals surface area contributed by atoms with Crippen LogP contribution in [0.2, 0.25) is 10.0 Å². The molecule has 200 valence electrons. The van der Waals surface area contributed by atoms with Gasteiger partial charge in [-0.3, -0.25) is 0 Å². The number of halogens is 2. The molecule has 2 amide bonds. The fourth-order valence-corrected chi connectivity index (χ4v) is 4.54. The van der Waals surface area contributed by atoms with E-state index in [0.717, 1.165) is 22.3 Å². The van der Waals surface area contributed by atoms with Gasteiger partial charge in [-0.2, -0.15) is 0 Å². The molecular formula is C26H30Cl2N2O7. The van der Waals surface area contributed by atoms with Crippen LogP contribution in [0, 0.1) is 0 Å². The Hall–Kier alpha value is -2.56. The molecule has 0 aliphatic carbocycles. The third kappa shape index (κ3) is 7.72. The average Bonchev–Trinajstić information content (AvgIpc) is 3.80. The summed E-state index contributed by atoms with van der Waals surface area (Å²) in [5.74, 6) is 0. The summed E-state index contributed by atoms with van der Waals surface area (Å²) in [7, 11) is 3.03. The first-order valence-corrected chi connectivity index (χ1v) is 12.8. The van der Waals surface area contributed by atoms with Crippen molar-refractivity contribution in [3.8, 4) is 0 Å². The standard InChI is InChI=1S/C26H30Cl2N2O7/c1-29-25(31)33-9-7-15-3-5-17(19(27)11-15)23(21-13-35-21)37-24(22-14-36-22)18-6-4-16(12-20(18)28)8-10-34-26(32)30-2/h3-6,11-12,21-24H,7-10,13-14H2,1-2H3,(H,29,31)(H,30,32). The molecule has 2 aromatic carbocycles. The van der Waals surface area contributed by atoms with Gasteiger partial charge < -0.3 is 34.3 Å². The van der Waals surface area contributed by atoms with Crippen molar-refractivity contribution in [2.24, 2.45) is 0 Å². The molecule has 4 unspecified atom stereocenters. The molecule has 0 aromatic heterocycles. The van der Waals surface area contributed by atoms with Crippen LogP contribution >= 0.6 is 23.2 Å². The number of epoxide rings is 2. The lowest BCUT2D eigenvalue weighted by molar-refractivity contribution is -0.0418. The quantitative estimate of drug-likeness (QED) is 0.375. The van der Waals surface area contributed by atoms with Crippen LogP contribution in [0.15, 0.2) is 36.4 Å². The minimum absolute atomic E-state index is 0.124. The fourth-order valence-electron chi connectivity index (χ4n) is 3.92. The predicted molar refractivity (Wildman–Crippen MR) is 137 cm³/mol. The van der Waals surface area contributed by atoms with Gasteiger partial charge in [0.15, 0.2) is 0 Å². The van der Waals surface area contributed by atoms with Gasteiger partial charge in [-0.05, 0) is 23.3 Å². The number of alkyl carbamates (subject to hydrolysis) is 2. The van der Waals surface area contributed by atoms with Crippen molar-refractivity contribution in [3.05, 3.63) is 68.7 Å². The first kappa shape index (κ1) is 27.5. The third-order valence-electron chi connectivity index (χ3n) is 6.09. The highest BCUT2D eigenvalue weighted by Crippen LogP contribution is 2.43. The zero-order valence-corrected chi connectivity index (χ0v) is 22.1. The van der Waals surface area contributed by atoms with Crippen LogP contribution in [0.5, 0.6) is 0 Å². The average molecular weight is 553 g/mol. The Morgan fingerprint density at radius 1 is 0.838 bits per heavy atom. The Morgan fingerprint density at radius 3 is 1.57 bits per heavy atom. The van der Waals surface area contributed by atoms with Crippen molar-refractivity contribution in [2.75, 3.05) is 40.5 Å². The van der Waals surface area contributed by atoms with Crippen molar-refractivity contribution < 1.29 is 33.3 Å². The number of carbonyl (C=O) groups excluding carboxylic acids is 2. The lowest BCUT2D eigenvalue weighted by atomic mass is 10.0. The van der Waals surface area contributed by atoms with E-state index in [-0.39, 0.29) is 25.4 Å². The van der Waals surface area contributed by atoms with Gasteiger partial charge in [-0.25, -0.2) is 9.59 Å². The number of rotatable bonds is 12. The summed E-state index contributed by atoms with van der Waals surface area (Å²) in [5, 5.41) is 5.93. The van der Waals surface area contributed by atoms with Gasteiger partial charge in [0.25, 0.3) is 0 Å². The van der Waals surface area contributed by atoms with Crippen molar-refractivity contribution in [1.82, 2.24) is 10.6 Å². The van der Waals surface area contributed by atoms with Crippen LogP contribution in [-0.4, -0.2) is 64.9 Å². The molecule has 0 bridgehead atoms. The van der Waals surface area contributed by atoms with E-state index in [1.165, 1.54) is 14.1 Å². The molecule has 9 nitrogen and oxygen atoms in total. The summed E-state index contributed by atoms with van der Waals surface area (Å²) in [5.41, 5.74) is 3.50. The molecule has 2 fully saturated rings. The summed E-state index contributed by atoms with van der Waals surface area (Å²) in [6.07, 6.45) is -0.939. The number of ether oxygens (including phenoxy) is 5. The van der Waals surface area contributed by atoms with Gasteiger partial charge >= 0.3 is 12.2 Å². The van der Waals surface area contributed by atoms with E-state index in [0.29, 0.717) is 36.1 Å². The van der Waals surface area contributed by atoms with Crippen LogP contribution in [0.25, 0.3) is 0 Å². The number of carbonyl (C=O) groups is 2. The second-order valence-electron chi connectivity index (χ2n) is 8.70. The minimum Gasteiger partial charge on any atom is -0.449 e. The van der Waals surface area contributed by atoms with Crippen LogP contribution in [0.4, 0.5) is 9.59 Å². The Labute approximate surface area is 225 Å². The minimum atomic E-state index is -0.473. The monoisotopic (exact) mass is 552 g/mol. The summed E-state index contributed by atoms with van der Waals surface area (Å²) >= 11 is 13.3. The van der Waals surface area contributed by atoms with Crippen LogP contribution in [0.1, 0.15) is 34.5 Å². The highest BCUT2D eigenvalue weighted by atomic mass is 35.5. The number of nitrogens with one attached hydrogen (secondary N) is 2. The molecule has 2 heterocycles. The second-order valence-corrected chi connectivity index (χ2v) is 9.52. The van der Waals surface area contributed by atoms with Gasteiger partial charge in [0.2, 0.25) is 0 Å². The normalized spacial score (nSPS) is 19.5. The Balaban J connectivity index is 1.45. The van der Waals surface area contributed by atoms with E-state index >= 15 is 0 Å². The van der Waals surface area contributed by atoms with Gasteiger partial charge in [-0.15, -0.1) is 0 Å². The number of amides is 2. The molecule has 11 heteroatoms. The van der Waals surface area contributed by atoms with Gasteiger partial charge in [0.1, 0.15) is 24.4 Å². The lowest BCUT2D eigenvalue weighted by Crippen LogP contribution is -2.21. The molecule has 4 rings (SSSR count). The molecule has 37 heavy (non-hydrogen) atoms. The predicted octanol–water partition coefficient (Wildman–Crippen LogP) is 4.39. The SMILES string of the molecule is CNC(=O)OCCc1ccc(C(OC(c2ccc(CCOC(=O)NC)cc2Cl)C2CO2)C2CO2)c(Cl)c1. The Bertz CT molecular complexity index is 1020. The van der Waals surface area contributed by atoms with E-state index in [1.54, 1.807) is 0 Å². The van der Waals surface area contributed by atoms with E-state index in [4.69, 9.17) is 46.9 Å². The van der Waals surface area contributed by atoms with Gasteiger partial charge in [0.05, 0.1) is 26.4 Å². The smallest absolute Gasteiger partial charge is 0.406 e. The van der Waals surface area contributed by atoms with Crippen molar-refractivity contribution in [1.29, 1.82) is 0 Å². The third-order valence-corrected chi connectivity index (χ3v) is 6.74. The molecule has 2 saturated heterocycles. The van der Waals surface area contributed by atoms with E-state index in [1.807, 2.05) is 36.4 Å². The molecule has 0 radical (unpaired) electrons. The first-order chi connectivity index (χ1) is 17.9. The molecule has 2 aliphatic heterocycles. The maximum absolute atomic E-state index is 11.3. The number of benzene rings is 2. The van der Waals surface area contributed by atoms with E-state index < -0.39 is 24.4 Å². The number of hydrogen-bond donors (Lipinski definition) is 2. The van der Waals surface area contributed by atoms with Gasteiger partial charge in [-0.1, -0.05) is 47.5 Å². The second kappa shape index (κ2) is 12.8. The van der Waals surface area contributed by atoms with Gasteiger partial charge in [0, 0.05) is 48.1 Å². The maximum Gasteiger partial charge on any atom is 0.406 e. The molecule has 0 spiro atoms. The first-order valence-electron chi connectivity index (χ1n) is 12.0. The Morgan fingerprint density at radius 2 is 1.24 bits per heavy atom. The molecule has 0 saturated carbocycles. The maximum atomic E-state index is 11.3. The summed E-state index contributed by atoms with van der Waals surface area (Å²) in [6, 6.07) is 11.4. The van der Waals surface area contributed by atoms with Crippen molar-refractivity contribution in [3.63, 3.8) is 0 Å². The zero-order valence-electron chi connectivity index (χ0n) is 20.6. The van der Waals surface area contributed by atoms with Crippen LogP contribution in [-0.2, 0) is 36.5 Å². The van der Waals surface area contributed by atoms with Crippen molar-refractivity contribution >= 4 is 35.4 Å². The highest BCUT2D eigenvalue weighted by Gasteiger charge is 2.43. The zero-order chi connectivity index (χ0) is 26.4. The molecule has 4 atom stereocenters. The lowest BCUT2D eigenvalue weighted by Gasteiger charge is -2.25. The molecule has 2 aromatic rings. The highest BCUT2D eigenvalue weighted by molar-refractivity contribution is 6.31. The summed E-state index contributed by atoms with van der Waals surface area (Å²) < 4.78 is 27.9. The van der Waals surface area contributed by atoms with Crippen molar-refractivity contribution in [2.45, 2.75) is 37.3 Å².